The van der Waals surface area contributed by atoms with E-state index in [4.69, 9.17) is 9.47 Å². The zero-order chi connectivity index (χ0) is 19.6. The van der Waals surface area contributed by atoms with Crippen LogP contribution in [-0.4, -0.2) is 30.1 Å². The van der Waals surface area contributed by atoms with Gasteiger partial charge in [-0.15, -0.1) is 11.3 Å². The maximum atomic E-state index is 12.8. The number of para-hydroxylation sites is 3. The van der Waals surface area contributed by atoms with E-state index < -0.39 is 6.10 Å². The number of aromatic amines is 1. The zero-order valence-electron chi connectivity index (χ0n) is 15.6. The lowest BCUT2D eigenvalue weighted by atomic mass is 9.96. The standard InChI is InChI=1S/C23H20N2O3S/c26-23(21-14-27-19-8-3-4-9-20(19)28-21)25-13-17(22-10-5-11-29-22)16-12-24-18-7-2-1-6-15(16)18/h1-12,17,21,24H,13-14H2,(H,25,26). The highest BCUT2D eigenvalue weighted by atomic mass is 32.1. The summed E-state index contributed by atoms with van der Waals surface area (Å²) in [5, 5.41) is 6.31. The minimum Gasteiger partial charge on any atom is -0.485 e. The largest absolute Gasteiger partial charge is 0.485 e. The molecule has 2 unspecified atom stereocenters. The lowest BCUT2D eigenvalue weighted by Crippen LogP contribution is -2.45. The number of carbonyl (C=O) groups is 1. The molecule has 0 saturated carbocycles. The number of hydrogen-bond donors (Lipinski definition) is 2. The minimum absolute atomic E-state index is 0.0619. The van der Waals surface area contributed by atoms with E-state index in [1.165, 1.54) is 15.8 Å². The first kappa shape index (κ1) is 17.8. The number of thiophene rings is 1. The van der Waals surface area contributed by atoms with Crippen LogP contribution in [0.2, 0.25) is 0 Å². The topological polar surface area (TPSA) is 63.4 Å². The van der Waals surface area contributed by atoms with Crippen molar-refractivity contribution in [3.8, 4) is 11.5 Å². The van der Waals surface area contributed by atoms with Gasteiger partial charge in [-0.1, -0.05) is 36.4 Å². The van der Waals surface area contributed by atoms with Crippen molar-refractivity contribution in [2.24, 2.45) is 0 Å². The third kappa shape index (κ3) is 3.47. The summed E-state index contributed by atoms with van der Waals surface area (Å²) in [5.74, 6) is 1.17. The second-order valence-corrected chi connectivity index (χ2v) is 7.95. The van der Waals surface area contributed by atoms with Crippen LogP contribution in [0.25, 0.3) is 10.9 Å². The van der Waals surface area contributed by atoms with Gasteiger partial charge in [0.05, 0.1) is 0 Å². The Kier molecular flexibility index (Phi) is 4.69. The van der Waals surface area contributed by atoms with Gasteiger partial charge in [0.2, 0.25) is 6.10 Å². The van der Waals surface area contributed by atoms with Crippen LogP contribution >= 0.6 is 11.3 Å². The summed E-state index contributed by atoms with van der Waals surface area (Å²) in [4.78, 5) is 17.3. The molecule has 3 heterocycles. The molecule has 2 N–H and O–H groups in total. The molecule has 0 saturated heterocycles. The fraction of sp³-hybridized carbons (Fsp3) is 0.174. The molecule has 0 bridgehead atoms. The average molecular weight is 404 g/mol. The molecule has 0 spiro atoms. The molecular weight excluding hydrogens is 384 g/mol. The fourth-order valence-corrected chi connectivity index (χ4v) is 4.55. The van der Waals surface area contributed by atoms with E-state index in [1.54, 1.807) is 11.3 Å². The van der Waals surface area contributed by atoms with E-state index in [0.717, 1.165) is 5.52 Å². The van der Waals surface area contributed by atoms with Gasteiger partial charge in [-0.25, -0.2) is 0 Å². The van der Waals surface area contributed by atoms with E-state index in [2.05, 4.69) is 33.9 Å². The lowest BCUT2D eigenvalue weighted by molar-refractivity contribution is -0.130. The zero-order valence-corrected chi connectivity index (χ0v) is 16.4. The second kappa shape index (κ2) is 7.64. The number of ether oxygens (including phenoxy) is 2. The van der Waals surface area contributed by atoms with Gasteiger partial charge in [-0.05, 0) is 35.2 Å². The molecule has 146 valence electrons. The average Bonchev–Trinajstić information content (AvgIpc) is 3.44. The smallest absolute Gasteiger partial charge is 0.264 e. The van der Waals surface area contributed by atoms with Crippen LogP contribution in [0.1, 0.15) is 16.4 Å². The molecule has 2 atom stereocenters. The second-order valence-electron chi connectivity index (χ2n) is 6.97. The van der Waals surface area contributed by atoms with Crippen molar-refractivity contribution in [3.05, 3.63) is 82.7 Å². The third-order valence-electron chi connectivity index (χ3n) is 5.16. The van der Waals surface area contributed by atoms with Crippen molar-refractivity contribution in [2.45, 2.75) is 12.0 Å². The molecule has 2 aromatic heterocycles. The fourth-order valence-electron chi connectivity index (χ4n) is 3.70. The van der Waals surface area contributed by atoms with Crippen LogP contribution in [0.3, 0.4) is 0 Å². The summed E-state index contributed by atoms with van der Waals surface area (Å²) in [7, 11) is 0. The highest BCUT2D eigenvalue weighted by molar-refractivity contribution is 7.10. The van der Waals surface area contributed by atoms with Crippen molar-refractivity contribution in [3.63, 3.8) is 0 Å². The summed E-state index contributed by atoms with van der Waals surface area (Å²) in [6.45, 7) is 0.697. The summed E-state index contributed by atoms with van der Waals surface area (Å²) in [6, 6.07) is 19.8. The molecule has 0 fully saturated rings. The maximum absolute atomic E-state index is 12.8. The van der Waals surface area contributed by atoms with Crippen molar-refractivity contribution in [1.29, 1.82) is 0 Å². The molecular formula is C23H20N2O3S. The Labute approximate surface area is 172 Å². The van der Waals surface area contributed by atoms with Crippen molar-refractivity contribution >= 4 is 28.1 Å². The van der Waals surface area contributed by atoms with E-state index in [0.29, 0.717) is 18.0 Å². The van der Waals surface area contributed by atoms with Gasteiger partial charge in [0, 0.05) is 34.4 Å². The molecule has 0 aliphatic carbocycles. The molecule has 4 aromatic rings. The Morgan fingerprint density at radius 1 is 1.10 bits per heavy atom. The van der Waals surface area contributed by atoms with Crippen molar-refractivity contribution in [2.75, 3.05) is 13.2 Å². The van der Waals surface area contributed by atoms with Crippen LogP contribution in [0.5, 0.6) is 11.5 Å². The van der Waals surface area contributed by atoms with E-state index in [9.17, 15) is 4.79 Å². The number of fused-ring (bicyclic) bond motifs is 2. The molecule has 5 nitrogen and oxygen atoms in total. The number of rotatable bonds is 5. The Morgan fingerprint density at radius 3 is 2.79 bits per heavy atom. The minimum atomic E-state index is -0.656. The highest BCUT2D eigenvalue weighted by Crippen LogP contribution is 2.33. The SMILES string of the molecule is O=C(NCC(c1cccs1)c1c[nH]c2ccccc12)C1COc2ccccc2O1. The van der Waals surface area contributed by atoms with E-state index >= 15 is 0 Å². The first-order valence-corrected chi connectivity index (χ1v) is 10.4. The predicted molar refractivity (Wildman–Crippen MR) is 114 cm³/mol. The molecule has 5 rings (SSSR count). The molecule has 1 aliphatic heterocycles. The first-order valence-electron chi connectivity index (χ1n) is 9.55. The molecule has 29 heavy (non-hydrogen) atoms. The Balaban J connectivity index is 1.35. The number of carbonyl (C=O) groups excluding carboxylic acids is 1. The van der Waals surface area contributed by atoms with Gasteiger partial charge < -0.3 is 19.8 Å². The molecule has 6 heteroatoms. The number of H-pyrrole nitrogens is 1. The van der Waals surface area contributed by atoms with Crippen LogP contribution in [-0.2, 0) is 4.79 Å². The molecule has 1 aliphatic rings. The van der Waals surface area contributed by atoms with Gasteiger partial charge in [0.25, 0.3) is 5.91 Å². The van der Waals surface area contributed by atoms with Gasteiger partial charge in [0.15, 0.2) is 11.5 Å². The van der Waals surface area contributed by atoms with Crippen molar-refractivity contribution < 1.29 is 14.3 Å². The van der Waals surface area contributed by atoms with Gasteiger partial charge in [-0.3, -0.25) is 4.79 Å². The summed E-state index contributed by atoms with van der Waals surface area (Å²) in [6.07, 6.45) is 1.38. The van der Waals surface area contributed by atoms with Crippen LogP contribution in [0, 0.1) is 0 Å². The third-order valence-corrected chi connectivity index (χ3v) is 6.15. The summed E-state index contributed by atoms with van der Waals surface area (Å²) < 4.78 is 11.5. The summed E-state index contributed by atoms with van der Waals surface area (Å²) >= 11 is 1.69. The highest BCUT2D eigenvalue weighted by Gasteiger charge is 2.28. The van der Waals surface area contributed by atoms with Gasteiger partial charge in [0.1, 0.15) is 6.61 Å². The van der Waals surface area contributed by atoms with Gasteiger partial charge in [-0.2, -0.15) is 0 Å². The predicted octanol–water partition coefficient (Wildman–Crippen LogP) is 4.32. The molecule has 1 amide bonds. The maximum Gasteiger partial charge on any atom is 0.264 e. The Bertz CT molecular complexity index is 1140. The monoisotopic (exact) mass is 404 g/mol. The number of amides is 1. The number of benzene rings is 2. The first-order chi connectivity index (χ1) is 14.3. The molecule has 0 radical (unpaired) electrons. The summed E-state index contributed by atoms with van der Waals surface area (Å²) in [5.41, 5.74) is 2.27. The lowest BCUT2D eigenvalue weighted by Gasteiger charge is -2.26. The van der Waals surface area contributed by atoms with E-state index in [1.807, 2.05) is 48.7 Å². The van der Waals surface area contributed by atoms with Crippen molar-refractivity contribution in [1.82, 2.24) is 10.3 Å². The Morgan fingerprint density at radius 2 is 1.93 bits per heavy atom. The van der Waals surface area contributed by atoms with Gasteiger partial charge >= 0.3 is 0 Å². The quantitative estimate of drug-likeness (QED) is 0.521. The van der Waals surface area contributed by atoms with Crippen LogP contribution < -0.4 is 14.8 Å². The van der Waals surface area contributed by atoms with E-state index in [-0.39, 0.29) is 18.4 Å². The number of hydrogen-bond acceptors (Lipinski definition) is 4. The normalized spacial score (nSPS) is 16.5. The number of aromatic nitrogens is 1. The van der Waals surface area contributed by atoms with Crippen LogP contribution in [0.4, 0.5) is 0 Å². The van der Waals surface area contributed by atoms with Crippen LogP contribution in [0.15, 0.2) is 72.2 Å². The Hall–Kier alpha value is -3.25. The molecule has 2 aromatic carbocycles. The number of nitrogens with one attached hydrogen (secondary N) is 2.